The molecule has 0 fully saturated rings. The minimum atomic E-state index is -4.71. The van der Waals surface area contributed by atoms with Gasteiger partial charge in [-0.1, -0.05) is 47.5 Å². The molecule has 4 rings (SSSR count). The van der Waals surface area contributed by atoms with Crippen LogP contribution in [0.5, 0.6) is 0 Å². The maximum absolute atomic E-state index is 14.0. The van der Waals surface area contributed by atoms with Crippen molar-refractivity contribution in [1.29, 1.82) is 0 Å². The average molecular weight is 656 g/mol. The van der Waals surface area contributed by atoms with E-state index >= 15 is 0 Å². The summed E-state index contributed by atoms with van der Waals surface area (Å²) in [6.07, 6.45) is 0. The molecule has 0 saturated carbocycles. The first kappa shape index (κ1) is 30.5. The summed E-state index contributed by atoms with van der Waals surface area (Å²) in [5, 5.41) is -0.0691. The molecule has 0 aliphatic heterocycles. The summed E-state index contributed by atoms with van der Waals surface area (Å²) in [6, 6.07) is 15.0. The zero-order valence-electron chi connectivity index (χ0n) is 20.2. The molecule has 0 saturated heterocycles. The van der Waals surface area contributed by atoms with Crippen LogP contribution in [0.3, 0.4) is 0 Å². The van der Waals surface area contributed by atoms with Crippen molar-refractivity contribution in [2.75, 3.05) is 0 Å². The summed E-state index contributed by atoms with van der Waals surface area (Å²) in [7, 11) is -14.1. The van der Waals surface area contributed by atoms with E-state index in [9.17, 15) is 43.9 Å². The second-order valence-corrected chi connectivity index (χ2v) is 14.1. The number of carbonyl (C=O) groups is 2. The van der Waals surface area contributed by atoms with Gasteiger partial charge in [0.05, 0.1) is 19.6 Å². The van der Waals surface area contributed by atoms with Crippen LogP contribution in [0.15, 0.2) is 105 Å². The molecule has 4 aromatic rings. The van der Waals surface area contributed by atoms with Crippen LogP contribution in [0.2, 0.25) is 10.0 Å². The second-order valence-electron chi connectivity index (χ2n) is 8.45. The van der Waals surface area contributed by atoms with E-state index in [2.05, 4.69) is 0 Å². The number of halogens is 2. The number of hydrogen-bond acceptors (Lipinski definition) is 8. The Labute approximate surface area is 244 Å². The molecule has 4 aromatic carbocycles. The van der Waals surface area contributed by atoms with E-state index in [0.29, 0.717) is 0 Å². The van der Waals surface area contributed by atoms with E-state index in [1.165, 1.54) is 36.4 Å². The molecule has 0 radical (unpaired) electrons. The van der Waals surface area contributed by atoms with Crippen molar-refractivity contribution < 1.29 is 43.9 Å². The van der Waals surface area contributed by atoms with Gasteiger partial charge in [-0.05, 0) is 60.7 Å². The molecule has 0 aliphatic carbocycles. The summed E-state index contributed by atoms with van der Waals surface area (Å²) in [4.78, 5) is 24.5. The van der Waals surface area contributed by atoms with Gasteiger partial charge in [0, 0.05) is 32.3 Å². The molecule has 0 heterocycles. The molecule has 2 N–H and O–H groups in total. The second kappa shape index (κ2) is 11.1. The van der Waals surface area contributed by atoms with Crippen LogP contribution in [0.4, 0.5) is 0 Å². The van der Waals surface area contributed by atoms with E-state index in [1.807, 2.05) is 0 Å². The van der Waals surface area contributed by atoms with Gasteiger partial charge in [-0.3, -0.25) is 18.7 Å². The molecule has 10 nitrogen and oxygen atoms in total. The minimum absolute atomic E-state index is 0.0346. The van der Waals surface area contributed by atoms with Gasteiger partial charge < -0.3 is 0 Å². The van der Waals surface area contributed by atoms with Crippen LogP contribution in [0.25, 0.3) is 0 Å². The van der Waals surface area contributed by atoms with Gasteiger partial charge in [0.1, 0.15) is 0 Å². The Balaban J connectivity index is 1.90. The van der Waals surface area contributed by atoms with Crippen LogP contribution in [-0.2, 0) is 30.1 Å². The van der Waals surface area contributed by atoms with Crippen LogP contribution in [-0.4, -0.2) is 45.9 Å². The van der Waals surface area contributed by atoms with Crippen molar-refractivity contribution in [2.24, 2.45) is 0 Å². The highest BCUT2D eigenvalue weighted by Gasteiger charge is 2.30. The maximum Gasteiger partial charge on any atom is 0.294 e. The lowest BCUT2D eigenvalue weighted by molar-refractivity contribution is 0.102. The van der Waals surface area contributed by atoms with Gasteiger partial charge >= 0.3 is 0 Å². The molecule has 0 spiro atoms. The molecule has 0 bridgehead atoms. The summed E-state index contributed by atoms with van der Waals surface area (Å²) in [6.45, 7) is 0. The Hall–Kier alpha value is -3.43. The number of ketones is 2. The van der Waals surface area contributed by atoms with E-state index in [1.54, 1.807) is 0 Å². The zero-order valence-corrected chi connectivity index (χ0v) is 24.2. The molecule has 212 valence electrons. The molecule has 0 aliphatic rings. The number of hydrogen-bond donors (Lipinski definition) is 2. The van der Waals surface area contributed by atoms with E-state index in [4.69, 9.17) is 23.2 Å². The third-order valence-electron chi connectivity index (χ3n) is 5.74. The average Bonchev–Trinajstić information content (AvgIpc) is 2.91. The van der Waals surface area contributed by atoms with Crippen LogP contribution in [0, 0.1) is 0 Å². The van der Waals surface area contributed by atoms with Gasteiger partial charge in [0.15, 0.2) is 11.6 Å². The smallest absolute Gasteiger partial charge is 0.289 e. The van der Waals surface area contributed by atoms with E-state index < -0.39 is 72.3 Å². The van der Waals surface area contributed by atoms with Crippen LogP contribution >= 0.6 is 23.2 Å². The topological polar surface area (TPSA) is 177 Å². The van der Waals surface area contributed by atoms with E-state index in [0.717, 1.165) is 48.5 Å². The van der Waals surface area contributed by atoms with Gasteiger partial charge in [-0.2, -0.15) is 16.8 Å². The zero-order chi connectivity index (χ0) is 30.3. The summed E-state index contributed by atoms with van der Waals surface area (Å²) in [5.74, 6) is -1.92. The fourth-order valence-corrected chi connectivity index (χ4v) is 6.86. The van der Waals surface area contributed by atoms with Crippen molar-refractivity contribution in [1.82, 2.24) is 0 Å². The maximum atomic E-state index is 14.0. The molecule has 0 aromatic heterocycles. The first-order valence-electron chi connectivity index (χ1n) is 11.1. The minimum Gasteiger partial charge on any atom is -0.289 e. The number of benzene rings is 4. The first-order valence-corrected chi connectivity index (χ1v) is 16.2. The predicted molar refractivity (Wildman–Crippen MR) is 148 cm³/mol. The fourth-order valence-electron chi connectivity index (χ4n) is 3.85. The third kappa shape index (κ3) is 6.41. The molecule has 0 amide bonds. The normalized spacial score (nSPS) is 12.2. The van der Waals surface area contributed by atoms with Crippen molar-refractivity contribution in [3.05, 3.63) is 117 Å². The summed E-state index contributed by atoms with van der Waals surface area (Å²) < 4.78 is 92.9. The summed E-state index contributed by atoms with van der Waals surface area (Å²) >= 11 is 12.1. The fraction of sp³-hybridized carbons (Fsp3) is 0. The third-order valence-corrected chi connectivity index (χ3v) is 9.78. The number of rotatable bonds is 8. The Bertz CT molecular complexity index is 1930. The Morgan fingerprint density at radius 3 is 1.24 bits per heavy atom. The van der Waals surface area contributed by atoms with Gasteiger partial charge in [-0.25, -0.2) is 8.42 Å². The van der Waals surface area contributed by atoms with Crippen LogP contribution in [0.1, 0.15) is 31.8 Å². The number of sulfone groups is 1. The standard InChI is InChI=1S/C26H16Cl2O10S3/c27-17-7-9-23(21(13-17)25(29)15-3-1-5-19(11-15)40(33,34)35)39(31,32)24-10-8-18(28)14-22(24)26(30)16-4-2-6-20(12-16)41(36,37)38/h1-14H,(H,33,34,35)(H,36,37,38). The molecular formula is C26H16Cl2O10S3. The Morgan fingerprint density at radius 2 is 0.902 bits per heavy atom. The Kier molecular flexibility index (Phi) is 8.26. The van der Waals surface area contributed by atoms with Crippen molar-refractivity contribution in [2.45, 2.75) is 19.6 Å². The first-order chi connectivity index (χ1) is 19.0. The monoisotopic (exact) mass is 654 g/mol. The molecule has 0 atom stereocenters. The predicted octanol–water partition coefficient (Wildman–Crippen LogP) is 4.78. The highest BCUT2D eigenvalue weighted by atomic mass is 35.5. The SMILES string of the molecule is O=C(c1cccc(S(=O)(=O)O)c1)c1cc(Cl)ccc1S(=O)(=O)c1ccc(Cl)cc1C(=O)c1cccc(S(=O)(=O)O)c1. The molecule has 0 unspecified atom stereocenters. The van der Waals surface area contributed by atoms with Crippen molar-refractivity contribution >= 4 is 64.8 Å². The van der Waals surface area contributed by atoms with Gasteiger partial charge in [0.25, 0.3) is 20.2 Å². The lowest BCUT2D eigenvalue weighted by atomic mass is 10.0. The lowest BCUT2D eigenvalue weighted by Gasteiger charge is -2.14. The van der Waals surface area contributed by atoms with Crippen molar-refractivity contribution in [3.63, 3.8) is 0 Å². The molecule has 15 heteroatoms. The quantitative estimate of drug-likeness (QED) is 0.198. The highest BCUT2D eigenvalue weighted by Crippen LogP contribution is 2.33. The van der Waals surface area contributed by atoms with Crippen molar-refractivity contribution in [3.8, 4) is 0 Å². The largest absolute Gasteiger partial charge is 0.294 e. The number of carbonyl (C=O) groups excluding carboxylic acids is 2. The molecular weight excluding hydrogens is 639 g/mol. The van der Waals surface area contributed by atoms with Gasteiger partial charge in [0.2, 0.25) is 9.84 Å². The summed E-state index contributed by atoms with van der Waals surface area (Å²) in [5.41, 5.74) is -1.50. The Morgan fingerprint density at radius 1 is 0.537 bits per heavy atom. The van der Waals surface area contributed by atoms with E-state index in [-0.39, 0.29) is 21.2 Å². The van der Waals surface area contributed by atoms with Crippen LogP contribution < -0.4 is 0 Å². The van der Waals surface area contributed by atoms with Gasteiger partial charge in [-0.15, -0.1) is 0 Å². The highest BCUT2D eigenvalue weighted by molar-refractivity contribution is 7.91. The lowest BCUT2D eigenvalue weighted by Crippen LogP contribution is -2.15. The molecule has 41 heavy (non-hydrogen) atoms.